The van der Waals surface area contributed by atoms with Crippen molar-refractivity contribution in [1.29, 1.82) is 5.26 Å². The maximum atomic E-state index is 8.85. The lowest BCUT2D eigenvalue weighted by Crippen LogP contribution is -2.25. The van der Waals surface area contributed by atoms with Gasteiger partial charge in [-0.2, -0.15) is 5.26 Å². The van der Waals surface area contributed by atoms with Crippen LogP contribution in [0, 0.1) is 11.3 Å². The van der Waals surface area contributed by atoms with Gasteiger partial charge in [0.2, 0.25) is 0 Å². The maximum absolute atomic E-state index is 8.85. The van der Waals surface area contributed by atoms with Crippen molar-refractivity contribution in [3.63, 3.8) is 0 Å². The zero-order chi connectivity index (χ0) is 10.8. The topological polar surface area (TPSA) is 27.0 Å². The highest BCUT2D eigenvalue weighted by atomic mass is 15.1. The van der Waals surface area contributed by atoms with Crippen molar-refractivity contribution in [2.45, 2.75) is 57.9 Å². The highest BCUT2D eigenvalue weighted by Gasteiger charge is 2.08. The molecule has 0 saturated carbocycles. The van der Waals surface area contributed by atoms with Crippen LogP contribution in [0.3, 0.4) is 0 Å². The number of hydrogen-bond donors (Lipinski definition) is 0. The average molecular weight is 196 g/mol. The largest absolute Gasteiger partial charge is 0.294 e. The van der Waals surface area contributed by atoms with Gasteiger partial charge in [0.1, 0.15) is 0 Å². The minimum atomic E-state index is 0.112. The first-order valence-corrected chi connectivity index (χ1v) is 5.78. The molecule has 1 unspecified atom stereocenters. The second-order valence-electron chi connectivity index (χ2n) is 4.16. The first-order chi connectivity index (χ1) is 6.72. The Bertz CT molecular complexity index is 158. The van der Waals surface area contributed by atoms with E-state index in [1.54, 1.807) is 0 Å². The molecule has 0 aromatic heterocycles. The summed E-state index contributed by atoms with van der Waals surface area (Å²) >= 11 is 0. The van der Waals surface area contributed by atoms with Crippen molar-refractivity contribution in [2.75, 3.05) is 14.1 Å². The molecule has 0 bridgehead atoms. The minimum Gasteiger partial charge on any atom is -0.294 e. The van der Waals surface area contributed by atoms with Crippen molar-refractivity contribution in [3.8, 4) is 6.07 Å². The summed E-state index contributed by atoms with van der Waals surface area (Å²) in [7, 11) is 3.95. The first kappa shape index (κ1) is 13.4. The molecule has 1 atom stereocenters. The fourth-order valence-electron chi connectivity index (χ4n) is 1.56. The van der Waals surface area contributed by atoms with Gasteiger partial charge in [-0.3, -0.25) is 4.90 Å². The molecule has 2 nitrogen and oxygen atoms in total. The number of rotatable bonds is 8. The Morgan fingerprint density at radius 3 is 2.14 bits per heavy atom. The zero-order valence-corrected chi connectivity index (χ0v) is 9.92. The van der Waals surface area contributed by atoms with Gasteiger partial charge in [-0.25, -0.2) is 0 Å². The molecule has 14 heavy (non-hydrogen) atoms. The van der Waals surface area contributed by atoms with Gasteiger partial charge in [0.25, 0.3) is 0 Å². The molecular formula is C12H24N2. The Labute approximate surface area is 88.9 Å². The van der Waals surface area contributed by atoms with E-state index in [1.807, 2.05) is 19.0 Å². The smallest absolute Gasteiger partial charge is 0.0972 e. The zero-order valence-electron chi connectivity index (χ0n) is 9.92. The highest BCUT2D eigenvalue weighted by Crippen LogP contribution is 2.10. The van der Waals surface area contributed by atoms with Crippen LogP contribution in [0.25, 0.3) is 0 Å². The lowest BCUT2D eigenvalue weighted by Gasteiger charge is -2.16. The van der Waals surface area contributed by atoms with Gasteiger partial charge >= 0.3 is 0 Å². The van der Waals surface area contributed by atoms with E-state index in [2.05, 4.69) is 13.0 Å². The van der Waals surface area contributed by atoms with Gasteiger partial charge in [-0.05, 0) is 20.5 Å². The summed E-state index contributed by atoms with van der Waals surface area (Å²) in [6.07, 6.45) is 8.85. The van der Waals surface area contributed by atoms with Crippen LogP contribution >= 0.6 is 0 Å². The summed E-state index contributed by atoms with van der Waals surface area (Å²) < 4.78 is 0. The van der Waals surface area contributed by atoms with Gasteiger partial charge < -0.3 is 0 Å². The van der Waals surface area contributed by atoms with Crippen LogP contribution in [-0.2, 0) is 0 Å². The molecule has 0 aliphatic heterocycles. The molecule has 0 aliphatic carbocycles. The molecular weight excluding hydrogens is 172 g/mol. The molecule has 0 amide bonds. The monoisotopic (exact) mass is 196 g/mol. The molecule has 0 radical (unpaired) electrons. The second kappa shape index (κ2) is 9.02. The van der Waals surface area contributed by atoms with Crippen LogP contribution < -0.4 is 0 Å². The third-order valence-corrected chi connectivity index (χ3v) is 2.60. The van der Waals surface area contributed by atoms with Crippen molar-refractivity contribution < 1.29 is 0 Å². The second-order valence-corrected chi connectivity index (χ2v) is 4.16. The summed E-state index contributed by atoms with van der Waals surface area (Å²) in [5.74, 6) is 0. The Morgan fingerprint density at radius 2 is 1.64 bits per heavy atom. The molecule has 0 N–H and O–H groups in total. The molecule has 0 aromatic carbocycles. The van der Waals surface area contributed by atoms with Crippen LogP contribution in [0.2, 0.25) is 0 Å². The first-order valence-electron chi connectivity index (χ1n) is 5.78. The number of nitriles is 1. The van der Waals surface area contributed by atoms with Crippen molar-refractivity contribution in [3.05, 3.63) is 0 Å². The highest BCUT2D eigenvalue weighted by molar-refractivity contribution is 4.88. The van der Waals surface area contributed by atoms with Crippen molar-refractivity contribution in [1.82, 2.24) is 4.90 Å². The number of hydrogen-bond acceptors (Lipinski definition) is 2. The average Bonchev–Trinajstić information content (AvgIpc) is 2.16. The van der Waals surface area contributed by atoms with Gasteiger partial charge in [-0.15, -0.1) is 0 Å². The predicted molar refractivity (Wildman–Crippen MR) is 61.1 cm³/mol. The SMILES string of the molecule is CCCCCCCCC(C#N)N(C)C. The summed E-state index contributed by atoms with van der Waals surface area (Å²) in [5.41, 5.74) is 0. The van der Waals surface area contributed by atoms with Gasteiger partial charge in [0, 0.05) is 0 Å². The Morgan fingerprint density at radius 1 is 1.07 bits per heavy atom. The molecule has 2 heteroatoms. The third-order valence-electron chi connectivity index (χ3n) is 2.60. The van der Waals surface area contributed by atoms with Crippen LogP contribution in [0.4, 0.5) is 0 Å². The van der Waals surface area contributed by atoms with E-state index in [0.29, 0.717) is 0 Å². The van der Waals surface area contributed by atoms with E-state index in [9.17, 15) is 0 Å². The third kappa shape index (κ3) is 6.91. The number of unbranched alkanes of at least 4 members (excludes halogenated alkanes) is 5. The maximum Gasteiger partial charge on any atom is 0.0972 e. The Kier molecular flexibility index (Phi) is 8.67. The lowest BCUT2D eigenvalue weighted by molar-refractivity contribution is 0.326. The predicted octanol–water partition coefficient (Wildman–Crippen LogP) is 3.19. The Hall–Kier alpha value is -0.550. The van der Waals surface area contributed by atoms with E-state index in [0.717, 1.165) is 6.42 Å². The summed E-state index contributed by atoms with van der Waals surface area (Å²) in [6.45, 7) is 2.23. The molecule has 0 rings (SSSR count). The fourth-order valence-corrected chi connectivity index (χ4v) is 1.56. The van der Waals surface area contributed by atoms with Crippen LogP contribution in [-0.4, -0.2) is 25.0 Å². The quantitative estimate of drug-likeness (QED) is 0.557. The van der Waals surface area contributed by atoms with Gasteiger partial charge in [0.05, 0.1) is 12.1 Å². The van der Waals surface area contributed by atoms with Crippen molar-refractivity contribution >= 4 is 0 Å². The van der Waals surface area contributed by atoms with Crippen LogP contribution in [0.5, 0.6) is 0 Å². The summed E-state index contributed by atoms with van der Waals surface area (Å²) in [4.78, 5) is 2.01. The molecule has 0 saturated heterocycles. The van der Waals surface area contributed by atoms with E-state index >= 15 is 0 Å². The summed E-state index contributed by atoms with van der Waals surface area (Å²) in [6, 6.07) is 2.44. The molecule has 0 fully saturated rings. The van der Waals surface area contributed by atoms with E-state index < -0.39 is 0 Å². The normalized spacial score (nSPS) is 12.8. The van der Waals surface area contributed by atoms with Crippen LogP contribution in [0.15, 0.2) is 0 Å². The molecule has 82 valence electrons. The molecule has 0 spiro atoms. The minimum absolute atomic E-state index is 0.112. The molecule has 0 aromatic rings. The lowest BCUT2D eigenvalue weighted by atomic mass is 10.1. The Balaban J connectivity index is 3.30. The fraction of sp³-hybridized carbons (Fsp3) is 0.917. The molecule has 0 heterocycles. The molecule has 0 aliphatic rings. The van der Waals surface area contributed by atoms with E-state index in [1.165, 1.54) is 38.5 Å². The van der Waals surface area contributed by atoms with Gasteiger partial charge in [-0.1, -0.05) is 45.4 Å². The van der Waals surface area contributed by atoms with Crippen molar-refractivity contribution in [2.24, 2.45) is 0 Å². The van der Waals surface area contributed by atoms with Gasteiger partial charge in [0.15, 0.2) is 0 Å². The van der Waals surface area contributed by atoms with E-state index in [4.69, 9.17) is 5.26 Å². The van der Waals surface area contributed by atoms with Crippen LogP contribution in [0.1, 0.15) is 51.9 Å². The summed E-state index contributed by atoms with van der Waals surface area (Å²) in [5, 5.41) is 8.85. The standard InChI is InChI=1S/C12H24N2/c1-4-5-6-7-8-9-10-12(11-13)14(2)3/h12H,4-10H2,1-3H3. The number of nitrogens with zero attached hydrogens (tertiary/aromatic N) is 2. The van der Waals surface area contributed by atoms with E-state index in [-0.39, 0.29) is 6.04 Å².